The predicted octanol–water partition coefficient (Wildman–Crippen LogP) is 5.13. The van der Waals surface area contributed by atoms with Crippen LogP contribution in [0.3, 0.4) is 0 Å². The van der Waals surface area contributed by atoms with E-state index in [1.165, 1.54) is 57.8 Å². The number of carbonyl (C=O) groups is 1. The molecular formula is C15H30O. The van der Waals surface area contributed by atoms with Crippen LogP contribution in [0.1, 0.15) is 84.5 Å². The second kappa shape index (κ2) is 12.7. The molecule has 0 bridgehead atoms. The molecule has 1 heteroatoms. The first-order valence-corrected chi connectivity index (χ1v) is 7.24. The second-order valence-corrected chi connectivity index (χ2v) is 5.11. The summed E-state index contributed by atoms with van der Waals surface area (Å²) in [5.41, 5.74) is 0. The van der Waals surface area contributed by atoms with Gasteiger partial charge < -0.3 is 4.79 Å². The van der Waals surface area contributed by atoms with Crippen LogP contribution in [-0.4, -0.2) is 6.29 Å². The molecule has 0 aliphatic carbocycles. The normalized spacial score (nSPS) is 12.6. The van der Waals surface area contributed by atoms with E-state index in [2.05, 4.69) is 13.8 Å². The van der Waals surface area contributed by atoms with Crippen molar-refractivity contribution >= 4 is 6.29 Å². The number of aldehydes is 1. The van der Waals surface area contributed by atoms with Crippen molar-refractivity contribution in [3.63, 3.8) is 0 Å². The summed E-state index contributed by atoms with van der Waals surface area (Å²) in [5.74, 6) is 0.926. The van der Waals surface area contributed by atoms with Crippen molar-refractivity contribution in [1.29, 1.82) is 0 Å². The highest BCUT2D eigenvalue weighted by molar-refractivity contribution is 5.48. The van der Waals surface area contributed by atoms with E-state index in [4.69, 9.17) is 0 Å². The number of hydrogen-bond donors (Lipinski definition) is 0. The van der Waals surface area contributed by atoms with Crippen LogP contribution in [0.4, 0.5) is 0 Å². The Hall–Kier alpha value is -0.330. The van der Waals surface area contributed by atoms with Gasteiger partial charge in [-0.15, -0.1) is 0 Å². The van der Waals surface area contributed by atoms with Gasteiger partial charge >= 0.3 is 0 Å². The van der Waals surface area contributed by atoms with E-state index < -0.39 is 0 Å². The fourth-order valence-corrected chi connectivity index (χ4v) is 2.12. The summed E-state index contributed by atoms with van der Waals surface area (Å²) < 4.78 is 0. The average Bonchev–Trinajstić information content (AvgIpc) is 2.30. The van der Waals surface area contributed by atoms with Crippen LogP contribution in [0, 0.1) is 5.92 Å². The van der Waals surface area contributed by atoms with Crippen LogP contribution in [0.25, 0.3) is 0 Å². The Kier molecular flexibility index (Phi) is 12.5. The van der Waals surface area contributed by atoms with E-state index in [0.717, 1.165) is 25.0 Å². The fourth-order valence-electron chi connectivity index (χ4n) is 2.12. The van der Waals surface area contributed by atoms with Gasteiger partial charge in [0.15, 0.2) is 0 Å². The van der Waals surface area contributed by atoms with Crippen molar-refractivity contribution in [2.24, 2.45) is 5.92 Å². The van der Waals surface area contributed by atoms with Crippen molar-refractivity contribution < 1.29 is 4.79 Å². The zero-order chi connectivity index (χ0) is 12.1. The summed E-state index contributed by atoms with van der Waals surface area (Å²) in [6.07, 6.45) is 15.1. The Bertz CT molecular complexity index is 142. The maximum Gasteiger partial charge on any atom is 0.119 e. The number of unbranched alkanes of at least 4 members (excludes halogenated alkanes) is 7. The molecule has 0 spiro atoms. The first-order valence-electron chi connectivity index (χ1n) is 7.24. The SMILES string of the molecule is CCCCC(C)CCCCCCCCC=O. The molecule has 0 saturated heterocycles. The van der Waals surface area contributed by atoms with Crippen LogP contribution in [0.15, 0.2) is 0 Å². The van der Waals surface area contributed by atoms with Crippen LogP contribution in [0.2, 0.25) is 0 Å². The molecule has 1 unspecified atom stereocenters. The molecule has 0 saturated carbocycles. The molecule has 0 aromatic heterocycles. The summed E-state index contributed by atoms with van der Waals surface area (Å²) in [6.45, 7) is 4.66. The molecule has 0 radical (unpaired) electrons. The van der Waals surface area contributed by atoms with Gasteiger partial charge in [-0.25, -0.2) is 0 Å². The first-order chi connectivity index (χ1) is 7.81. The van der Waals surface area contributed by atoms with Gasteiger partial charge in [0.25, 0.3) is 0 Å². The highest BCUT2D eigenvalue weighted by Gasteiger charge is 2.00. The first kappa shape index (κ1) is 15.7. The van der Waals surface area contributed by atoms with Gasteiger partial charge in [-0.05, 0) is 12.3 Å². The van der Waals surface area contributed by atoms with Gasteiger partial charge in [0.05, 0.1) is 0 Å². The van der Waals surface area contributed by atoms with Crippen LogP contribution < -0.4 is 0 Å². The van der Waals surface area contributed by atoms with Crippen LogP contribution in [0.5, 0.6) is 0 Å². The third-order valence-electron chi connectivity index (χ3n) is 3.32. The average molecular weight is 226 g/mol. The highest BCUT2D eigenvalue weighted by atomic mass is 16.1. The standard InChI is InChI=1S/C15H30O/c1-3-4-12-15(2)13-10-8-6-5-7-9-11-14-16/h14-15H,3-13H2,1-2H3. The number of carbonyl (C=O) groups excluding carboxylic acids is 1. The Balaban J connectivity index is 3.05. The molecule has 0 aliphatic rings. The van der Waals surface area contributed by atoms with Crippen molar-refractivity contribution in [3.8, 4) is 0 Å². The molecule has 0 rings (SSSR count). The molecule has 0 aliphatic heterocycles. The zero-order valence-corrected chi connectivity index (χ0v) is 11.3. The monoisotopic (exact) mass is 226 g/mol. The van der Waals surface area contributed by atoms with Crippen molar-refractivity contribution in [1.82, 2.24) is 0 Å². The Morgan fingerprint density at radius 3 is 2.06 bits per heavy atom. The Morgan fingerprint density at radius 2 is 1.44 bits per heavy atom. The van der Waals surface area contributed by atoms with E-state index in [1.54, 1.807) is 0 Å². The molecular weight excluding hydrogens is 196 g/mol. The summed E-state index contributed by atoms with van der Waals surface area (Å²) >= 11 is 0. The van der Waals surface area contributed by atoms with Gasteiger partial charge in [0.2, 0.25) is 0 Å². The largest absolute Gasteiger partial charge is 0.303 e. The molecule has 0 aromatic carbocycles. The van der Waals surface area contributed by atoms with E-state index >= 15 is 0 Å². The van der Waals surface area contributed by atoms with Gasteiger partial charge in [-0.1, -0.05) is 71.6 Å². The van der Waals surface area contributed by atoms with Gasteiger partial charge in [0, 0.05) is 6.42 Å². The summed E-state index contributed by atoms with van der Waals surface area (Å²) in [5, 5.41) is 0. The predicted molar refractivity (Wildman–Crippen MR) is 71.7 cm³/mol. The summed E-state index contributed by atoms with van der Waals surface area (Å²) in [7, 11) is 0. The molecule has 16 heavy (non-hydrogen) atoms. The van der Waals surface area contributed by atoms with Gasteiger partial charge in [-0.3, -0.25) is 0 Å². The topological polar surface area (TPSA) is 17.1 Å². The lowest BCUT2D eigenvalue weighted by Crippen LogP contribution is -1.94. The van der Waals surface area contributed by atoms with Crippen LogP contribution >= 0.6 is 0 Å². The third kappa shape index (κ3) is 11.7. The van der Waals surface area contributed by atoms with E-state index in [-0.39, 0.29) is 0 Å². The molecule has 0 amide bonds. The zero-order valence-electron chi connectivity index (χ0n) is 11.3. The molecule has 0 aromatic rings. The molecule has 96 valence electrons. The summed E-state index contributed by atoms with van der Waals surface area (Å²) in [6, 6.07) is 0. The maximum absolute atomic E-state index is 10.1. The van der Waals surface area contributed by atoms with E-state index in [1.807, 2.05) is 0 Å². The minimum atomic E-state index is 0.758. The van der Waals surface area contributed by atoms with Crippen molar-refractivity contribution in [3.05, 3.63) is 0 Å². The van der Waals surface area contributed by atoms with E-state index in [9.17, 15) is 4.79 Å². The fraction of sp³-hybridized carbons (Fsp3) is 0.933. The lowest BCUT2D eigenvalue weighted by atomic mass is 9.97. The number of rotatable bonds is 12. The summed E-state index contributed by atoms with van der Waals surface area (Å²) in [4.78, 5) is 10.1. The lowest BCUT2D eigenvalue weighted by molar-refractivity contribution is -0.107. The smallest absolute Gasteiger partial charge is 0.119 e. The highest BCUT2D eigenvalue weighted by Crippen LogP contribution is 2.16. The van der Waals surface area contributed by atoms with Gasteiger partial charge in [0.1, 0.15) is 6.29 Å². The van der Waals surface area contributed by atoms with Crippen molar-refractivity contribution in [2.45, 2.75) is 84.5 Å². The van der Waals surface area contributed by atoms with Gasteiger partial charge in [-0.2, -0.15) is 0 Å². The molecule has 1 nitrogen and oxygen atoms in total. The minimum Gasteiger partial charge on any atom is -0.303 e. The van der Waals surface area contributed by atoms with E-state index in [0.29, 0.717) is 0 Å². The molecule has 0 N–H and O–H groups in total. The Morgan fingerprint density at radius 1 is 0.875 bits per heavy atom. The molecule has 0 fully saturated rings. The maximum atomic E-state index is 10.1. The Labute approximate surface area is 102 Å². The minimum absolute atomic E-state index is 0.758. The molecule has 0 heterocycles. The van der Waals surface area contributed by atoms with Crippen LogP contribution in [-0.2, 0) is 4.79 Å². The third-order valence-corrected chi connectivity index (χ3v) is 3.32. The van der Waals surface area contributed by atoms with Crippen molar-refractivity contribution in [2.75, 3.05) is 0 Å². The second-order valence-electron chi connectivity index (χ2n) is 5.11. The number of hydrogen-bond acceptors (Lipinski definition) is 1. The lowest BCUT2D eigenvalue weighted by Gasteiger charge is -2.09. The quantitative estimate of drug-likeness (QED) is 0.333. The molecule has 1 atom stereocenters.